The number of carbonyl (C=O) groups excluding carboxylic acids is 1. The highest BCUT2D eigenvalue weighted by atomic mass is 31.2. The first-order valence-electron chi connectivity index (χ1n) is 10.2. The lowest BCUT2D eigenvalue weighted by atomic mass is 10.1. The van der Waals surface area contributed by atoms with Crippen molar-refractivity contribution in [2.75, 3.05) is 34.9 Å². The lowest BCUT2D eigenvalue weighted by molar-refractivity contribution is -0.142. The Kier molecular flexibility index (Phi) is 7.68. The van der Waals surface area contributed by atoms with Gasteiger partial charge >= 0.3 is 13.6 Å². The molecule has 1 aromatic heterocycles. The van der Waals surface area contributed by atoms with E-state index >= 15 is 0 Å². The SMILES string of the molecule is COC(=O)C(Cc1ccccc1)NP(=O)(OC)n1cc(CCN(C)C)c2ccccc21. The van der Waals surface area contributed by atoms with Crippen LogP contribution in [0.1, 0.15) is 11.1 Å². The van der Waals surface area contributed by atoms with Gasteiger partial charge in [0.1, 0.15) is 6.04 Å². The predicted octanol–water partition coefficient (Wildman–Crippen LogP) is 3.72. The normalized spacial score (nSPS) is 14.5. The fourth-order valence-electron chi connectivity index (χ4n) is 3.57. The van der Waals surface area contributed by atoms with Crippen LogP contribution in [0.15, 0.2) is 60.8 Å². The number of nitrogens with zero attached hydrogens (tertiary/aromatic N) is 2. The number of ether oxygens (including phenoxy) is 1. The van der Waals surface area contributed by atoms with Gasteiger partial charge in [-0.15, -0.1) is 0 Å². The fourth-order valence-corrected chi connectivity index (χ4v) is 5.31. The van der Waals surface area contributed by atoms with Crippen molar-refractivity contribution in [3.8, 4) is 0 Å². The molecule has 0 spiro atoms. The molecule has 1 N–H and O–H groups in total. The number of methoxy groups -OCH3 is 1. The van der Waals surface area contributed by atoms with Crippen LogP contribution in [-0.4, -0.2) is 56.1 Å². The number of fused-ring (bicyclic) bond motifs is 1. The second-order valence-corrected chi connectivity index (χ2v) is 9.76. The van der Waals surface area contributed by atoms with Crippen molar-refractivity contribution in [3.63, 3.8) is 0 Å². The molecule has 1 heterocycles. The molecular formula is C23H30N3O4P. The van der Waals surface area contributed by atoms with E-state index in [0.717, 1.165) is 35.0 Å². The second-order valence-electron chi connectivity index (χ2n) is 7.67. The molecule has 0 amide bonds. The van der Waals surface area contributed by atoms with Crippen LogP contribution in [0, 0.1) is 0 Å². The lowest BCUT2D eigenvalue weighted by Gasteiger charge is -2.24. The Morgan fingerprint density at radius 2 is 1.77 bits per heavy atom. The minimum absolute atomic E-state index is 0.327. The molecule has 2 atom stereocenters. The van der Waals surface area contributed by atoms with E-state index in [2.05, 4.69) is 9.99 Å². The lowest BCUT2D eigenvalue weighted by Crippen LogP contribution is -2.39. The van der Waals surface area contributed by atoms with Crippen LogP contribution in [0.3, 0.4) is 0 Å². The molecule has 0 aliphatic rings. The van der Waals surface area contributed by atoms with Crippen molar-refractivity contribution in [1.82, 2.24) is 14.3 Å². The van der Waals surface area contributed by atoms with Gasteiger partial charge in [0, 0.05) is 25.2 Å². The molecule has 0 bridgehead atoms. The number of benzene rings is 2. The van der Waals surface area contributed by atoms with Gasteiger partial charge < -0.3 is 14.2 Å². The van der Waals surface area contributed by atoms with Gasteiger partial charge in [-0.25, -0.2) is 9.65 Å². The largest absolute Gasteiger partial charge is 0.468 e. The van der Waals surface area contributed by atoms with Gasteiger partial charge in [0.05, 0.1) is 12.6 Å². The van der Waals surface area contributed by atoms with Crippen LogP contribution in [0.25, 0.3) is 10.9 Å². The maximum absolute atomic E-state index is 14.0. The van der Waals surface area contributed by atoms with Gasteiger partial charge in [-0.05, 0) is 44.1 Å². The Bertz CT molecular complexity index is 1070. The number of para-hydroxylation sites is 1. The number of likely N-dealkylation sites (N-methyl/N-ethyl adjacent to an activating group) is 1. The average Bonchev–Trinajstić information content (AvgIpc) is 3.17. The molecule has 2 unspecified atom stereocenters. The standard InChI is InChI=1S/C23H30N3O4P/c1-25(2)15-14-19-17-26(22-13-9-8-12-20(19)22)31(28,30-4)24-21(23(27)29-3)16-18-10-6-5-7-11-18/h5-13,17,21H,14-16H2,1-4H3,(H,24,28). The van der Waals surface area contributed by atoms with Crippen LogP contribution < -0.4 is 5.09 Å². The van der Waals surface area contributed by atoms with E-state index < -0.39 is 19.7 Å². The van der Waals surface area contributed by atoms with Crippen molar-refractivity contribution in [1.29, 1.82) is 0 Å². The molecule has 8 heteroatoms. The summed E-state index contributed by atoms with van der Waals surface area (Å²) in [6.45, 7) is 0.859. The van der Waals surface area contributed by atoms with E-state index in [4.69, 9.17) is 9.26 Å². The molecule has 3 rings (SSSR count). The average molecular weight is 443 g/mol. The maximum Gasteiger partial charge on any atom is 0.373 e. The van der Waals surface area contributed by atoms with Crippen LogP contribution in [0.2, 0.25) is 0 Å². The second kappa shape index (κ2) is 10.2. The van der Waals surface area contributed by atoms with Crippen molar-refractivity contribution < 1.29 is 18.6 Å². The zero-order valence-corrected chi connectivity index (χ0v) is 19.3. The molecule has 2 aromatic carbocycles. The van der Waals surface area contributed by atoms with Gasteiger partial charge in [-0.1, -0.05) is 48.5 Å². The van der Waals surface area contributed by atoms with E-state index in [0.29, 0.717) is 6.42 Å². The summed E-state index contributed by atoms with van der Waals surface area (Å²) in [6.07, 6.45) is 2.99. The number of hydrogen-bond acceptors (Lipinski definition) is 5. The Balaban J connectivity index is 1.99. The minimum Gasteiger partial charge on any atom is -0.468 e. The molecule has 0 aliphatic carbocycles. The summed E-state index contributed by atoms with van der Waals surface area (Å²) in [5.41, 5.74) is 2.79. The third-order valence-electron chi connectivity index (χ3n) is 5.22. The topological polar surface area (TPSA) is 72.8 Å². The smallest absolute Gasteiger partial charge is 0.373 e. The summed E-state index contributed by atoms with van der Waals surface area (Å²) >= 11 is 0. The van der Waals surface area contributed by atoms with Crippen molar-refractivity contribution >= 4 is 24.5 Å². The van der Waals surface area contributed by atoms with Crippen molar-refractivity contribution in [2.45, 2.75) is 18.9 Å². The van der Waals surface area contributed by atoms with Crippen LogP contribution in [0.5, 0.6) is 0 Å². The quantitative estimate of drug-likeness (QED) is 0.380. The molecule has 0 fully saturated rings. The number of hydrogen-bond donors (Lipinski definition) is 1. The van der Waals surface area contributed by atoms with E-state index in [1.165, 1.54) is 14.2 Å². The van der Waals surface area contributed by atoms with Gasteiger partial charge in [0.2, 0.25) is 0 Å². The van der Waals surface area contributed by atoms with Crippen LogP contribution in [0.4, 0.5) is 0 Å². The maximum atomic E-state index is 14.0. The molecule has 0 radical (unpaired) electrons. The molecule has 31 heavy (non-hydrogen) atoms. The summed E-state index contributed by atoms with van der Waals surface area (Å²) in [7, 11) is 3.12. The number of carbonyl (C=O) groups is 1. The van der Waals surface area contributed by atoms with Gasteiger partial charge in [0.15, 0.2) is 0 Å². The number of esters is 1. The zero-order valence-electron chi connectivity index (χ0n) is 18.4. The minimum atomic E-state index is -3.63. The predicted molar refractivity (Wildman–Crippen MR) is 123 cm³/mol. The molecule has 7 nitrogen and oxygen atoms in total. The Morgan fingerprint density at radius 3 is 2.42 bits per heavy atom. The highest BCUT2D eigenvalue weighted by Gasteiger charge is 2.34. The van der Waals surface area contributed by atoms with E-state index in [1.807, 2.05) is 74.9 Å². The Morgan fingerprint density at radius 1 is 1.10 bits per heavy atom. The third kappa shape index (κ3) is 5.43. The number of rotatable bonds is 10. The summed E-state index contributed by atoms with van der Waals surface area (Å²) in [5, 5.41) is 3.99. The van der Waals surface area contributed by atoms with Gasteiger partial charge in [0.25, 0.3) is 0 Å². The Labute approximate surface area is 183 Å². The first kappa shape index (κ1) is 23.2. The highest BCUT2D eigenvalue weighted by Crippen LogP contribution is 2.47. The summed E-state index contributed by atoms with van der Waals surface area (Å²) in [5.74, 6) is -0.495. The van der Waals surface area contributed by atoms with Gasteiger partial charge in [-0.3, -0.25) is 9.13 Å². The summed E-state index contributed by atoms with van der Waals surface area (Å²) in [4.78, 5) is 14.6. The number of nitrogens with one attached hydrogen (secondary N) is 1. The first-order chi connectivity index (χ1) is 14.9. The van der Waals surface area contributed by atoms with Crippen molar-refractivity contribution in [2.24, 2.45) is 0 Å². The highest BCUT2D eigenvalue weighted by molar-refractivity contribution is 7.55. The molecule has 0 saturated carbocycles. The molecule has 0 aliphatic heterocycles. The first-order valence-corrected chi connectivity index (χ1v) is 11.8. The number of aromatic nitrogens is 1. The fraction of sp³-hybridized carbons (Fsp3) is 0.348. The Hall–Kier alpha value is -2.44. The van der Waals surface area contributed by atoms with Crippen LogP contribution >= 0.6 is 7.67 Å². The van der Waals surface area contributed by atoms with E-state index in [9.17, 15) is 9.36 Å². The molecule has 3 aromatic rings. The van der Waals surface area contributed by atoms with Crippen LogP contribution in [-0.2, 0) is 31.5 Å². The van der Waals surface area contributed by atoms with E-state index in [-0.39, 0.29) is 0 Å². The van der Waals surface area contributed by atoms with Crippen molar-refractivity contribution in [3.05, 3.63) is 71.9 Å². The molecule has 166 valence electrons. The monoisotopic (exact) mass is 443 g/mol. The molecular weight excluding hydrogens is 413 g/mol. The van der Waals surface area contributed by atoms with E-state index in [1.54, 1.807) is 4.34 Å². The molecule has 0 saturated heterocycles. The van der Waals surface area contributed by atoms with Gasteiger partial charge in [-0.2, -0.15) is 0 Å². The summed E-state index contributed by atoms with van der Waals surface area (Å²) in [6, 6.07) is 16.5. The zero-order chi connectivity index (χ0) is 22.4. The third-order valence-corrected chi connectivity index (χ3v) is 7.25. The summed E-state index contributed by atoms with van der Waals surface area (Å²) < 4.78 is 26.1.